The quantitative estimate of drug-likeness (QED) is 0.217. The number of esters is 1. The van der Waals surface area contributed by atoms with Crippen molar-refractivity contribution in [1.82, 2.24) is 0 Å². The Labute approximate surface area is 182 Å². The van der Waals surface area contributed by atoms with Gasteiger partial charge < -0.3 is 50.0 Å². The van der Waals surface area contributed by atoms with E-state index in [0.29, 0.717) is 5.56 Å². The van der Waals surface area contributed by atoms with Gasteiger partial charge in [-0.3, -0.25) is 0 Å². The van der Waals surface area contributed by atoms with Crippen LogP contribution in [-0.4, -0.2) is 85.6 Å². The minimum atomic E-state index is -1.63. The first kappa shape index (κ1) is 23.6. The number of aliphatic hydroxyl groups excluding tert-OH is 3. The SMILES string of the molecule is O=C(OCC1OC(OCCc2ccc(O)c(O)c2)C(O)C(O)C1O)c1ccc(O)c(O)c1. The zero-order valence-electron chi connectivity index (χ0n) is 16.7. The maximum absolute atomic E-state index is 12.1. The third-order valence-electron chi connectivity index (χ3n) is 4.97. The van der Waals surface area contributed by atoms with Gasteiger partial charge in [0.15, 0.2) is 29.3 Å². The molecule has 1 fully saturated rings. The highest BCUT2D eigenvalue weighted by Crippen LogP contribution is 2.27. The number of hydrogen-bond acceptors (Lipinski definition) is 11. The van der Waals surface area contributed by atoms with E-state index < -0.39 is 54.8 Å². The van der Waals surface area contributed by atoms with Crippen LogP contribution < -0.4 is 0 Å². The summed E-state index contributed by atoms with van der Waals surface area (Å²) in [5, 5.41) is 68.0. The second-order valence-corrected chi connectivity index (χ2v) is 7.26. The molecule has 0 radical (unpaired) electrons. The second-order valence-electron chi connectivity index (χ2n) is 7.26. The van der Waals surface area contributed by atoms with E-state index in [-0.39, 0.29) is 30.1 Å². The molecule has 0 aliphatic carbocycles. The Morgan fingerprint density at radius 1 is 0.844 bits per heavy atom. The molecule has 0 aromatic heterocycles. The monoisotopic (exact) mass is 452 g/mol. The number of aromatic hydroxyl groups is 4. The maximum atomic E-state index is 12.1. The van der Waals surface area contributed by atoms with Crippen LogP contribution in [0.1, 0.15) is 15.9 Å². The van der Waals surface area contributed by atoms with Crippen molar-refractivity contribution in [2.75, 3.05) is 13.2 Å². The summed E-state index contributed by atoms with van der Waals surface area (Å²) in [6.07, 6.45) is -7.04. The largest absolute Gasteiger partial charge is 0.504 e. The topological polar surface area (TPSA) is 186 Å². The molecule has 2 aromatic rings. The Hall–Kier alpha value is -3.09. The van der Waals surface area contributed by atoms with Crippen LogP contribution in [0.4, 0.5) is 0 Å². The molecule has 32 heavy (non-hydrogen) atoms. The minimum absolute atomic E-state index is 0.00799. The first-order valence-electron chi connectivity index (χ1n) is 9.68. The summed E-state index contributed by atoms with van der Waals surface area (Å²) >= 11 is 0. The van der Waals surface area contributed by atoms with Crippen LogP contribution in [0.2, 0.25) is 0 Å². The average Bonchev–Trinajstić information content (AvgIpc) is 2.77. The second kappa shape index (κ2) is 10.0. The lowest BCUT2D eigenvalue weighted by molar-refractivity contribution is -0.300. The van der Waals surface area contributed by atoms with E-state index in [0.717, 1.165) is 12.1 Å². The summed E-state index contributed by atoms with van der Waals surface area (Å²) in [5.74, 6) is -2.35. The van der Waals surface area contributed by atoms with Crippen molar-refractivity contribution in [3.63, 3.8) is 0 Å². The molecule has 1 aliphatic rings. The van der Waals surface area contributed by atoms with Crippen LogP contribution in [0.5, 0.6) is 23.0 Å². The fourth-order valence-electron chi connectivity index (χ4n) is 3.10. The van der Waals surface area contributed by atoms with Crippen LogP contribution >= 0.6 is 0 Å². The highest BCUT2D eigenvalue weighted by Gasteiger charge is 2.44. The molecule has 1 aliphatic heterocycles. The lowest BCUT2D eigenvalue weighted by Crippen LogP contribution is -2.59. The molecule has 5 unspecified atom stereocenters. The molecule has 1 heterocycles. The third kappa shape index (κ3) is 5.39. The average molecular weight is 452 g/mol. The van der Waals surface area contributed by atoms with Crippen molar-refractivity contribution in [3.05, 3.63) is 47.5 Å². The Balaban J connectivity index is 1.56. The molecule has 1 saturated heterocycles. The van der Waals surface area contributed by atoms with Crippen LogP contribution in [0.15, 0.2) is 36.4 Å². The van der Waals surface area contributed by atoms with Crippen LogP contribution in [-0.2, 0) is 20.6 Å². The van der Waals surface area contributed by atoms with Gasteiger partial charge in [-0.25, -0.2) is 4.79 Å². The molecule has 174 valence electrons. The maximum Gasteiger partial charge on any atom is 0.338 e. The fourth-order valence-corrected chi connectivity index (χ4v) is 3.10. The summed E-state index contributed by atoms with van der Waals surface area (Å²) in [6, 6.07) is 7.56. The number of rotatable bonds is 7. The Kier molecular flexibility index (Phi) is 7.38. The summed E-state index contributed by atoms with van der Waals surface area (Å²) in [4.78, 5) is 12.1. The molecular formula is C21H24O11. The van der Waals surface area contributed by atoms with Crippen molar-refractivity contribution >= 4 is 5.97 Å². The zero-order chi connectivity index (χ0) is 23.4. The van der Waals surface area contributed by atoms with E-state index in [9.17, 15) is 40.5 Å². The summed E-state index contributed by atoms with van der Waals surface area (Å²) in [6.45, 7) is -0.481. The molecular weight excluding hydrogens is 428 g/mol. The Morgan fingerprint density at radius 3 is 2.16 bits per heavy atom. The van der Waals surface area contributed by atoms with Gasteiger partial charge in [-0.05, 0) is 42.3 Å². The van der Waals surface area contributed by atoms with Gasteiger partial charge in [-0.2, -0.15) is 0 Å². The van der Waals surface area contributed by atoms with E-state index in [1.807, 2.05) is 0 Å². The molecule has 11 nitrogen and oxygen atoms in total. The normalized spacial score (nSPS) is 25.4. The van der Waals surface area contributed by atoms with E-state index >= 15 is 0 Å². The fraction of sp³-hybridized carbons (Fsp3) is 0.381. The number of phenols is 4. The molecule has 0 saturated carbocycles. The van der Waals surface area contributed by atoms with E-state index in [2.05, 4.69) is 0 Å². The van der Waals surface area contributed by atoms with Gasteiger partial charge >= 0.3 is 5.97 Å². The lowest BCUT2D eigenvalue weighted by atomic mass is 9.99. The van der Waals surface area contributed by atoms with Gasteiger partial charge in [0.25, 0.3) is 0 Å². The van der Waals surface area contributed by atoms with Crippen molar-refractivity contribution in [2.24, 2.45) is 0 Å². The van der Waals surface area contributed by atoms with Gasteiger partial charge in [0.2, 0.25) is 0 Å². The Morgan fingerprint density at radius 2 is 1.50 bits per heavy atom. The molecule has 5 atom stereocenters. The standard InChI is InChI=1S/C21H24O11/c22-12-3-1-10(7-14(12)24)5-6-30-21-19(28)18(27)17(26)16(32-21)9-31-20(29)11-2-4-13(23)15(25)8-11/h1-4,7-8,16-19,21-28H,5-6,9H2. The minimum Gasteiger partial charge on any atom is -0.504 e. The summed E-state index contributed by atoms with van der Waals surface area (Å²) in [7, 11) is 0. The Bertz CT molecular complexity index is 947. The number of ether oxygens (including phenoxy) is 3. The molecule has 0 amide bonds. The summed E-state index contributed by atoms with van der Waals surface area (Å²) in [5.41, 5.74) is 0.574. The van der Waals surface area contributed by atoms with Gasteiger partial charge in [0, 0.05) is 0 Å². The first-order valence-corrected chi connectivity index (χ1v) is 9.68. The molecule has 0 spiro atoms. The number of phenolic OH excluding ortho intramolecular Hbond substituents is 4. The number of hydrogen-bond donors (Lipinski definition) is 7. The molecule has 7 N–H and O–H groups in total. The van der Waals surface area contributed by atoms with Gasteiger partial charge in [-0.15, -0.1) is 0 Å². The van der Waals surface area contributed by atoms with E-state index in [1.54, 1.807) is 6.07 Å². The smallest absolute Gasteiger partial charge is 0.338 e. The van der Waals surface area contributed by atoms with Crippen molar-refractivity contribution < 1.29 is 54.8 Å². The number of carbonyl (C=O) groups is 1. The van der Waals surface area contributed by atoms with Crippen molar-refractivity contribution in [1.29, 1.82) is 0 Å². The number of aliphatic hydroxyl groups is 3. The van der Waals surface area contributed by atoms with Crippen LogP contribution in [0.3, 0.4) is 0 Å². The summed E-state index contributed by atoms with van der Waals surface area (Å²) < 4.78 is 15.9. The predicted octanol–water partition coefficient (Wildman–Crippen LogP) is -0.267. The molecule has 11 heteroatoms. The van der Waals surface area contributed by atoms with Crippen molar-refractivity contribution in [2.45, 2.75) is 37.1 Å². The van der Waals surface area contributed by atoms with Crippen LogP contribution in [0, 0.1) is 0 Å². The number of benzene rings is 2. The zero-order valence-corrected chi connectivity index (χ0v) is 16.7. The van der Waals surface area contributed by atoms with Crippen LogP contribution in [0.25, 0.3) is 0 Å². The van der Waals surface area contributed by atoms with E-state index in [1.165, 1.54) is 18.2 Å². The lowest BCUT2D eigenvalue weighted by Gasteiger charge is -2.39. The van der Waals surface area contributed by atoms with Gasteiger partial charge in [-0.1, -0.05) is 6.07 Å². The molecule has 3 rings (SSSR count). The highest BCUT2D eigenvalue weighted by atomic mass is 16.7. The third-order valence-corrected chi connectivity index (χ3v) is 4.97. The number of carbonyl (C=O) groups excluding carboxylic acids is 1. The van der Waals surface area contributed by atoms with Gasteiger partial charge in [0.05, 0.1) is 12.2 Å². The van der Waals surface area contributed by atoms with Gasteiger partial charge in [0.1, 0.15) is 31.0 Å². The predicted molar refractivity (Wildman–Crippen MR) is 106 cm³/mol. The first-order chi connectivity index (χ1) is 15.2. The highest BCUT2D eigenvalue weighted by molar-refractivity contribution is 5.90. The molecule has 0 bridgehead atoms. The van der Waals surface area contributed by atoms with E-state index in [4.69, 9.17) is 14.2 Å². The molecule has 2 aromatic carbocycles. The van der Waals surface area contributed by atoms with Crippen molar-refractivity contribution in [3.8, 4) is 23.0 Å².